The molecule has 3 aromatic heterocycles. The van der Waals surface area contributed by atoms with Crippen LogP contribution in [0.4, 0.5) is 10.2 Å². The lowest BCUT2D eigenvalue weighted by Crippen LogP contribution is -2.38. The highest BCUT2D eigenvalue weighted by atomic mass is 19.1. The number of piperidine rings is 1. The van der Waals surface area contributed by atoms with Gasteiger partial charge in [-0.3, -0.25) is 14.2 Å². The van der Waals surface area contributed by atoms with Crippen molar-refractivity contribution in [3.63, 3.8) is 0 Å². The molecule has 0 atom stereocenters. The number of anilines is 1. The van der Waals surface area contributed by atoms with Gasteiger partial charge in [0.2, 0.25) is 0 Å². The third-order valence-corrected chi connectivity index (χ3v) is 5.51. The van der Waals surface area contributed by atoms with Crippen molar-refractivity contribution in [3.8, 4) is 0 Å². The smallest absolute Gasteiger partial charge is 0.255 e. The molecule has 0 aliphatic carbocycles. The number of imidazole rings is 1. The molecule has 0 radical (unpaired) electrons. The largest absolute Gasteiger partial charge is 0.365 e. The van der Waals surface area contributed by atoms with Gasteiger partial charge < -0.3 is 10.2 Å². The lowest BCUT2D eigenvalue weighted by Gasteiger charge is -2.32. The molecule has 1 saturated heterocycles. The standard InChI is InChI=1S/C23H28FN5O/c1-15-18(6-5-11-25-15)22(30)28-12-9-16(10-13-28)20-21(27-23(2,3)4)29-14-17(24)7-8-19(29)26-20/h5-8,11,14,16,27H,9-10,12-13H2,1-4H3. The Morgan fingerprint density at radius 3 is 2.60 bits per heavy atom. The molecule has 6 nitrogen and oxygen atoms in total. The number of nitrogens with one attached hydrogen (secondary N) is 1. The van der Waals surface area contributed by atoms with Crippen molar-refractivity contribution >= 4 is 17.4 Å². The average molecular weight is 410 g/mol. The number of carbonyl (C=O) groups excluding carboxylic acids is 1. The molecule has 3 aromatic rings. The molecule has 1 aliphatic rings. The van der Waals surface area contributed by atoms with Crippen LogP contribution in [-0.2, 0) is 0 Å². The Morgan fingerprint density at radius 2 is 1.93 bits per heavy atom. The number of pyridine rings is 2. The first-order valence-corrected chi connectivity index (χ1v) is 10.4. The van der Waals surface area contributed by atoms with E-state index in [0.717, 1.165) is 35.7 Å². The Morgan fingerprint density at radius 1 is 1.20 bits per heavy atom. The minimum Gasteiger partial charge on any atom is -0.365 e. The first kappa shape index (κ1) is 20.3. The zero-order valence-electron chi connectivity index (χ0n) is 17.9. The molecular weight excluding hydrogens is 381 g/mol. The first-order valence-electron chi connectivity index (χ1n) is 10.4. The number of rotatable bonds is 3. The SMILES string of the molecule is Cc1ncccc1C(=O)N1CCC(c2nc3ccc(F)cn3c2NC(C)(C)C)CC1. The number of aromatic nitrogens is 3. The van der Waals surface area contributed by atoms with E-state index in [2.05, 4.69) is 31.1 Å². The zero-order valence-corrected chi connectivity index (χ0v) is 17.9. The molecule has 4 heterocycles. The van der Waals surface area contributed by atoms with E-state index < -0.39 is 0 Å². The van der Waals surface area contributed by atoms with Crippen LogP contribution in [0.2, 0.25) is 0 Å². The monoisotopic (exact) mass is 409 g/mol. The van der Waals surface area contributed by atoms with E-state index in [9.17, 15) is 9.18 Å². The van der Waals surface area contributed by atoms with Crippen LogP contribution in [0, 0.1) is 12.7 Å². The summed E-state index contributed by atoms with van der Waals surface area (Å²) >= 11 is 0. The summed E-state index contributed by atoms with van der Waals surface area (Å²) < 4.78 is 15.7. The average Bonchev–Trinajstić information content (AvgIpc) is 3.04. The van der Waals surface area contributed by atoms with E-state index in [1.807, 2.05) is 17.9 Å². The third kappa shape index (κ3) is 4.01. The van der Waals surface area contributed by atoms with Crippen molar-refractivity contribution in [2.75, 3.05) is 18.4 Å². The quantitative estimate of drug-likeness (QED) is 0.696. The van der Waals surface area contributed by atoms with Crippen LogP contribution >= 0.6 is 0 Å². The molecule has 0 saturated carbocycles. The predicted molar refractivity (Wildman–Crippen MR) is 115 cm³/mol. The molecule has 0 aromatic carbocycles. The van der Waals surface area contributed by atoms with Crippen LogP contribution in [0.5, 0.6) is 0 Å². The van der Waals surface area contributed by atoms with Gasteiger partial charge in [0.05, 0.1) is 11.3 Å². The van der Waals surface area contributed by atoms with Crippen molar-refractivity contribution in [1.29, 1.82) is 0 Å². The van der Waals surface area contributed by atoms with Gasteiger partial charge in [-0.2, -0.15) is 0 Å². The number of amides is 1. The molecule has 7 heteroatoms. The number of aryl methyl sites for hydroxylation is 1. The lowest BCUT2D eigenvalue weighted by molar-refractivity contribution is 0.0711. The molecule has 158 valence electrons. The van der Waals surface area contributed by atoms with E-state index >= 15 is 0 Å². The van der Waals surface area contributed by atoms with Gasteiger partial charge in [0.25, 0.3) is 5.91 Å². The van der Waals surface area contributed by atoms with Gasteiger partial charge in [0.15, 0.2) is 0 Å². The van der Waals surface area contributed by atoms with Crippen LogP contribution in [0.3, 0.4) is 0 Å². The maximum atomic E-state index is 13.9. The lowest BCUT2D eigenvalue weighted by atomic mass is 9.92. The molecule has 4 rings (SSSR count). The molecule has 1 aliphatic heterocycles. The fourth-order valence-corrected chi connectivity index (χ4v) is 4.04. The van der Waals surface area contributed by atoms with Crippen LogP contribution in [0.15, 0.2) is 36.7 Å². The topological polar surface area (TPSA) is 62.5 Å². The van der Waals surface area contributed by atoms with E-state index in [1.54, 1.807) is 22.7 Å². The number of fused-ring (bicyclic) bond motifs is 1. The Labute approximate surface area is 176 Å². The fraction of sp³-hybridized carbons (Fsp3) is 0.435. The predicted octanol–water partition coefficient (Wildman–Crippen LogP) is 4.41. The Balaban J connectivity index is 1.58. The Hall–Kier alpha value is -2.96. The molecule has 1 fully saturated rings. The minimum atomic E-state index is -0.296. The number of hydrogen-bond donors (Lipinski definition) is 1. The van der Waals surface area contributed by atoms with Crippen molar-refractivity contribution in [2.24, 2.45) is 0 Å². The summed E-state index contributed by atoms with van der Waals surface area (Å²) in [6, 6.07) is 6.77. The Kier molecular flexibility index (Phi) is 5.22. The summed E-state index contributed by atoms with van der Waals surface area (Å²) in [7, 11) is 0. The zero-order chi connectivity index (χ0) is 21.5. The highest BCUT2D eigenvalue weighted by Crippen LogP contribution is 2.35. The summed E-state index contributed by atoms with van der Waals surface area (Å²) in [6.07, 6.45) is 4.81. The van der Waals surface area contributed by atoms with Gasteiger partial charge in [-0.1, -0.05) is 0 Å². The van der Waals surface area contributed by atoms with Crippen molar-refractivity contribution in [1.82, 2.24) is 19.3 Å². The molecule has 1 amide bonds. The second-order valence-corrected chi connectivity index (χ2v) is 9.00. The highest BCUT2D eigenvalue weighted by Gasteiger charge is 2.30. The number of hydrogen-bond acceptors (Lipinski definition) is 4. The molecule has 1 N–H and O–H groups in total. The normalized spacial score (nSPS) is 15.6. The third-order valence-electron chi connectivity index (χ3n) is 5.51. The summed E-state index contributed by atoms with van der Waals surface area (Å²) in [6.45, 7) is 9.41. The van der Waals surface area contributed by atoms with Gasteiger partial charge in [-0.05, 0) is 64.8 Å². The van der Waals surface area contributed by atoms with Gasteiger partial charge in [0.1, 0.15) is 17.3 Å². The van der Waals surface area contributed by atoms with E-state index in [-0.39, 0.29) is 23.2 Å². The van der Waals surface area contributed by atoms with Gasteiger partial charge in [0, 0.05) is 42.6 Å². The molecule has 0 bridgehead atoms. The van der Waals surface area contributed by atoms with Crippen LogP contribution in [-0.4, -0.2) is 43.8 Å². The second-order valence-electron chi connectivity index (χ2n) is 9.00. The van der Waals surface area contributed by atoms with E-state index in [0.29, 0.717) is 18.7 Å². The first-order chi connectivity index (χ1) is 14.2. The van der Waals surface area contributed by atoms with Gasteiger partial charge in [-0.25, -0.2) is 9.37 Å². The van der Waals surface area contributed by atoms with Crippen LogP contribution in [0.25, 0.3) is 5.65 Å². The van der Waals surface area contributed by atoms with Crippen LogP contribution in [0.1, 0.15) is 61.3 Å². The number of halogens is 1. The molecule has 0 spiro atoms. The maximum absolute atomic E-state index is 13.9. The summed E-state index contributed by atoms with van der Waals surface area (Å²) in [5, 5.41) is 3.51. The minimum absolute atomic E-state index is 0.0316. The molecule has 30 heavy (non-hydrogen) atoms. The van der Waals surface area contributed by atoms with E-state index in [4.69, 9.17) is 4.98 Å². The summed E-state index contributed by atoms with van der Waals surface area (Å²) in [5.41, 5.74) is 2.90. The van der Waals surface area contributed by atoms with Crippen molar-refractivity contribution < 1.29 is 9.18 Å². The molecular formula is C23H28FN5O. The van der Waals surface area contributed by atoms with Crippen LogP contribution < -0.4 is 5.32 Å². The van der Waals surface area contributed by atoms with Crippen molar-refractivity contribution in [3.05, 3.63) is 59.4 Å². The summed E-state index contributed by atoms with van der Waals surface area (Å²) in [4.78, 5) is 23.9. The Bertz CT molecular complexity index is 1080. The number of carbonyl (C=O) groups is 1. The highest BCUT2D eigenvalue weighted by molar-refractivity contribution is 5.95. The van der Waals surface area contributed by atoms with Crippen molar-refractivity contribution in [2.45, 2.75) is 52.0 Å². The maximum Gasteiger partial charge on any atom is 0.255 e. The number of nitrogens with zero attached hydrogens (tertiary/aromatic N) is 4. The summed E-state index contributed by atoms with van der Waals surface area (Å²) in [5.74, 6) is 0.779. The van der Waals surface area contributed by atoms with E-state index in [1.165, 1.54) is 12.3 Å². The van der Waals surface area contributed by atoms with Gasteiger partial charge in [-0.15, -0.1) is 0 Å². The number of likely N-dealkylation sites (tertiary alicyclic amines) is 1. The van der Waals surface area contributed by atoms with Gasteiger partial charge >= 0.3 is 0 Å². The fourth-order valence-electron chi connectivity index (χ4n) is 4.04. The molecule has 0 unspecified atom stereocenters. The second kappa shape index (κ2) is 7.70.